The average Bonchev–Trinajstić information content (AvgIpc) is 2.92. The van der Waals surface area contributed by atoms with Crippen molar-refractivity contribution in [1.29, 1.82) is 5.26 Å². The minimum atomic E-state index is -3.48. The minimum absolute atomic E-state index is 0.0245. The van der Waals surface area contributed by atoms with Crippen LogP contribution in [0.5, 0.6) is 0 Å². The Morgan fingerprint density at radius 3 is 2.67 bits per heavy atom. The number of nitrogens with one attached hydrogen (secondary N) is 1. The number of rotatable bonds is 5. The van der Waals surface area contributed by atoms with E-state index in [9.17, 15) is 8.42 Å². The van der Waals surface area contributed by atoms with Crippen LogP contribution in [0.1, 0.15) is 9.75 Å². The smallest absolute Gasteiger partial charge is 0.180 e. The number of nitriles is 1. The lowest BCUT2D eigenvalue weighted by Gasteiger charge is -2.06. The molecule has 0 atom stereocenters. The molecule has 0 spiro atoms. The molecule has 2 heterocycles. The highest BCUT2D eigenvalue weighted by molar-refractivity contribution is 9.11. The second-order valence-corrected chi connectivity index (χ2v) is 9.79. The number of nitrogen functional groups attached to an aromatic ring is 1. The van der Waals surface area contributed by atoms with E-state index in [4.69, 9.17) is 11.0 Å². The standard InChI is InChI=1S/C12H12BrN3O2S3/c1-21(17,18)11-10(15)8(6-14)20-12(11)16-5-4-7-2-3-9(13)19-7/h2-3,16H,4-5,15H2,1H3. The van der Waals surface area contributed by atoms with Crippen LogP contribution in [0, 0.1) is 11.3 Å². The summed E-state index contributed by atoms with van der Waals surface area (Å²) in [6.45, 7) is 0.570. The van der Waals surface area contributed by atoms with Crippen molar-refractivity contribution in [3.63, 3.8) is 0 Å². The molecule has 112 valence electrons. The lowest BCUT2D eigenvalue weighted by atomic mass is 10.3. The summed E-state index contributed by atoms with van der Waals surface area (Å²) in [4.78, 5) is 1.42. The molecule has 2 rings (SSSR count). The summed E-state index contributed by atoms with van der Waals surface area (Å²) in [6, 6.07) is 5.91. The largest absolute Gasteiger partial charge is 0.396 e. The van der Waals surface area contributed by atoms with Crippen molar-refractivity contribution in [1.82, 2.24) is 0 Å². The Morgan fingerprint density at radius 1 is 1.43 bits per heavy atom. The molecule has 0 amide bonds. The van der Waals surface area contributed by atoms with Crippen LogP contribution >= 0.6 is 38.6 Å². The third-order valence-corrected chi connectivity index (χ3v) is 6.70. The van der Waals surface area contributed by atoms with Crippen molar-refractivity contribution in [2.75, 3.05) is 23.9 Å². The molecule has 0 radical (unpaired) electrons. The molecule has 2 aromatic rings. The van der Waals surface area contributed by atoms with Crippen molar-refractivity contribution in [3.05, 3.63) is 25.7 Å². The van der Waals surface area contributed by atoms with Gasteiger partial charge in [-0.3, -0.25) is 0 Å². The first-order chi connectivity index (χ1) is 9.82. The number of nitrogens with two attached hydrogens (primary N) is 1. The maximum Gasteiger partial charge on any atom is 0.180 e. The lowest BCUT2D eigenvalue weighted by molar-refractivity contribution is 0.603. The predicted molar refractivity (Wildman–Crippen MR) is 90.8 cm³/mol. The van der Waals surface area contributed by atoms with E-state index in [0.29, 0.717) is 11.5 Å². The fraction of sp³-hybridized carbons (Fsp3) is 0.250. The first-order valence-electron chi connectivity index (χ1n) is 5.83. The molecule has 21 heavy (non-hydrogen) atoms. The third kappa shape index (κ3) is 3.77. The van der Waals surface area contributed by atoms with Crippen molar-refractivity contribution >= 4 is 59.1 Å². The van der Waals surface area contributed by atoms with E-state index in [-0.39, 0.29) is 15.5 Å². The van der Waals surface area contributed by atoms with Crippen LogP contribution in [0.15, 0.2) is 20.8 Å². The summed E-state index contributed by atoms with van der Waals surface area (Å²) in [5.41, 5.74) is 5.79. The maximum atomic E-state index is 11.8. The molecule has 0 aliphatic rings. The summed E-state index contributed by atoms with van der Waals surface area (Å²) < 4.78 is 24.7. The van der Waals surface area contributed by atoms with Crippen molar-refractivity contribution in [2.45, 2.75) is 11.3 Å². The van der Waals surface area contributed by atoms with Gasteiger partial charge in [-0.25, -0.2) is 8.42 Å². The van der Waals surface area contributed by atoms with E-state index in [1.165, 1.54) is 4.88 Å². The van der Waals surface area contributed by atoms with Gasteiger partial charge < -0.3 is 11.1 Å². The Labute approximate surface area is 139 Å². The number of sulfone groups is 1. The molecule has 3 N–H and O–H groups in total. The topological polar surface area (TPSA) is 96.0 Å². The Kier molecular flexibility index (Phi) is 4.93. The molecule has 9 heteroatoms. The van der Waals surface area contributed by atoms with Gasteiger partial charge in [0.05, 0.1) is 9.47 Å². The molecule has 0 aliphatic heterocycles. The van der Waals surface area contributed by atoms with Crippen LogP contribution < -0.4 is 11.1 Å². The van der Waals surface area contributed by atoms with Gasteiger partial charge in [-0.05, 0) is 34.5 Å². The van der Waals surface area contributed by atoms with Crippen LogP contribution in [0.4, 0.5) is 10.7 Å². The van der Waals surface area contributed by atoms with Gasteiger partial charge in [0.25, 0.3) is 0 Å². The van der Waals surface area contributed by atoms with Gasteiger partial charge in [-0.1, -0.05) is 0 Å². The van der Waals surface area contributed by atoms with E-state index in [1.54, 1.807) is 11.3 Å². The number of thiophene rings is 2. The number of hydrogen-bond acceptors (Lipinski definition) is 7. The van der Waals surface area contributed by atoms with Crippen molar-refractivity contribution in [2.24, 2.45) is 0 Å². The minimum Gasteiger partial charge on any atom is -0.396 e. The highest BCUT2D eigenvalue weighted by Gasteiger charge is 2.23. The molecule has 0 aliphatic carbocycles. The van der Waals surface area contributed by atoms with Gasteiger partial charge in [-0.15, -0.1) is 22.7 Å². The third-order valence-electron chi connectivity index (χ3n) is 2.66. The van der Waals surface area contributed by atoms with Crippen LogP contribution in [0.25, 0.3) is 0 Å². The zero-order valence-corrected chi connectivity index (χ0v) is 15.0. The van der Waals surface area contributed by atoms with Crippen LogP contribution in [0.3, 0.4) is 0 Å². The quantitative estimate of drug-likeness (QED) is 0.796. The van der Waals surface area contributed by atoms with E-state index in [1.807, 2.05) is 18.2 Å². The molecular weight excluding hydrogens is 394 g/mol. The molecule has 0 aromatic carbocycles. The van der Waals surface area contributed by atoms with E-state index in [2.05, 4.69) is 21.2 Å². The van der Waals surface area contributed by atoms with Gasteiger partial charge >= 0.3 is 0 Å². The molecular formula is C12H12BrN3O2S3. The zero-order valence-electron chi connectivity index (χ0n) is 11.0. The summed E-state index contributed by atoms with van der Waals surface area (Å²) in [7, 11) is -3.48. The highest BCUT2D eigenvalue weighted by Crippen LogP contribution is 2.38. The first-order valence-corrected chi connectivity index (χ1v) is 10.1. The molecule has 0 bridgehead atoms. The fourth-order valence-electron chi connectivity index (χ4n) is 1.78. The number of halogens is 1. The van der Waals surface area contributed by atoms with Crippen molar-refractivity contribution in [3.8, 4) is 6.07 Å². The Morgan fingerprint density at radius 2 is 2.14 bits per heavy atom. The number of anilines is 2. The van der Waals surface area contributed by atoms with E-state index < -0.39 is 9.84 Å². The molecule has 0 saturated heterocycles. The van der Waals surface area contributed by atoms with Crippen molar-refractivity contribution < 1.29 is 8.42 Å². The second kappa shape index (κ2) is 6.36. The van der Waals surface area contributed by atoms with Gasteiger partial charge in [0.1, 0.15) is 20.8 Å². The zero-order chi connectivity index (χ0) is 15.6. The molecule has 5 nitrogen and oxygen atoms in total. The predicted octanol–water partition coefficient (Wildman–Crippen LogP) is 3.08. The second-order valence-electron chi connectivity index (χ2n) is 4.27. The van der Waals surface area contributed by atoms with Crippen LogP contribution in [-0.4, -0.2) is 21.2 Å². The van der Waals surface area contributed by atoms with Gasteiger partial charge in [0, 0.05) is 17.7 Å². The number of hydrogen-bond donors (Lipinski definition) is 2. The summed E-state index contributed by atoms with van der Waals surface area (Å²) in [5.74, 6) is 0. The highest BCUT2D eigenvalue weighted by atomic mass is 79.9. The summed E-state index contributed by atoms with van der Waals surface area (Å²) >= 11 is 6.10. The van der Waals surface area contributed by atoms with Gasteiger partial charge in [-0.2, -0.15) is 5.26 Å². The monoisotopic (exact) mass is 405 g/mol. The number of nitrogens with zero attached hydrogens (tertiary/aromatic N) is 1. The fourth-order valence-corrected chi connectivity index (χ4v) is 5.66. The van der Waals surface area contributed by atoms with Crippen LogP contribution in [-0.2, 0) is 16.3 Å². The molecule has 0 fully saturated rings. The molecule has 0 unspecified atom stereocenters. The average molecular weight is 406 g/mol. The van der Waals surface area contributed by atoms with E-state index >= 15 is 0 Å². The Hall–Kier alpha value is -1.08. The van der Waals surface area contributed by atoms with Gasteiger partial charge in [0.15, 0.2) is 9.84 Å². The Balaban J connectivity index is 2.18. The maximum absolute atomic E-state index is 11.8. The lowest BCUT2D eigenvalue weighted by Crippen LogP contribution is -2.08. The SMILES string of the molecule is CS(=O)(=O)c1c(NCCc2ccc(Br)s2)sc(C#N)c1N. The normalized spacial score (nSPS) is 11.3. The summed E-state index contributed by atoms with van der Waals surface area (Å²) in [6.07, 6.45) is 1.85. The first kappa shape index (κ1) is 16.3. The van der Waals surface area contributed by atoms with Gasteiger partial charge in [0.2, 0.25) is 0 Å². The Bertz CT molecular complexity index is 802. The summed E-state index contributed by atoms with van der Waals surface area (Å²) in [5, 5.41) is 12.5. The van der Waals surface area contributed by atoms with Crippen LogP contribution in [0.2, 0.25) is 0 Å². The molecule has 2 aromatic heterocycles. The van der Waals surface area contributed by atoms with E-state index in [0.717, 1.165) is 27.8 Å². The molecule has 0 saturated carbocycles.